The topological polar surface area (TPSA) is 53.1 Å². The fourth-order valence-corrected chi connectivity index (χ4v) is 1.90. The minimum absolute atomic E-state index is 0.185. The molecule has 0 spiro atoms. The summed E-state index contributed by atoms with van der Waals surface area (Å²) in [6.45, 7) is 4.51. The van der Waals surface area contributed by atoms with E-state index < -0.39 is 0 Å². The van der Waals surface area contributed by atoms with Gasteiger partial charge in [-0.05, 0) is 38.1 Å². The smallest absolute Gasteiger partial charge is 0.119 e. The number of benzene rings is 1. The van der Waals surface area contributed by atoms with Gasteiger partial charge >= 0.3 is 0 Å². The first-order valence-electron chi connectivity index (χ1n) is 6.09. The first-order valence-corrected chi connectivity index (χ1v) is 6.09. The monoisotopic (exact) mass is 245 g/mol. The standard InChI is InChI=1S/C14H19N3O/c1-10(2)18-12-6-4-11(5-7-12)14-13(8-15)17(3)9-16-14/h4-7,9-10H,8,15H2,1-3H3. The first kappa shape index (κ1) is 12.6. The Bertz CT molecular complexity index is 514. The Morgan fingerprint density at radius 2 is 1.94 bits per heavy atom. The minimum Gasteiger partial charge on any atom is -0.491 e. The number of nitrogens with two attached hydrogens (primary N) is 1. The SMILES string of the molecule is CC(C)Oc1ccc(-c2ncn(C)c2CN)cc1. The van der Waals surface area contributed by atoms with Gasteiger partial charge in [0.25, 0.3) is 0 Å². The number of rotatable bonds is 4. The maximum atomic E-state index is 5.74. The molecule has 0 radical (unpaired) electrons. The molecule has 2 rings (SSSR count). The number of hydrogen-bond acceptors (Lipinski definition) is 3. The fourth-order valence-electron chi connectivity index (χ4n) is 1.90. The number of hydrogen-bond donors (Lipinski definition) is 1. The molecule has 1 heterocycles. The van der Waals surface area contributed by atoms with Gasteiger partial charge in [0, 0.05) is 19.2 Å². The van der Waals surface area contributed by atoms with Crippen LogP contribution in [-0.2, 0) is 13.6 Å². The van der Waals surface area contributed by atoms with Crippen molar-refractivity contribution in [3.8, 4) is 17.0 Å². The highest BCUT2D eigenvalue weighted by molar-refractivity contribution is 5.62. The van der Waals surface area contributed by atoms with Crippen molar-refractivity contribution in [3.63, 3.8) is 0 Å². The van der Waals surface area contributed by atoms with Crippen LogP contribution in [0.3, 0.4) is 0 Å². The van der Waals surface area contributed by atoms with Gasteiger partial charge in [-0.15, -0.1) is 0 Å². The molecule has 0 aliphatic rings. The Morgan fingerprint density at radius 3 is 2.50 bits per heavy atom. The molecule has 4 nitrogen and oxygen atoms in total. The molecule has 0 amide bonds. The maximum absolute atomic E-state index is 5.74. The van der Waals surface area contributed by atoms with Gasteiger partial charge in [-0.1, -0.05) is 0 Å². The van der Waals surface area contributed by atoms with Crippen molar-refractivity contribution in [2.45, 2.75) is 26.5 Å². The highest BCUT2D eigenvalue weighted by atomic mass is 16.5. The molecule has 1 aromatic carbocycles. The maximum Gasteiger partial charge on any atom is 0.119 e. The lowest BCUT2D eigenvalue weighted by Gasteiger charge is -2.10. The van der Waals surface area contributed by atoms with E-state index in [4.69, 9.17) is 10.5 Å². The normalized spacial score (nSPS) is 10.9. The number of aryl methyl sites for hydroxylation is 1. The van der Waals surface area contributed by atoms with Crippen LogP contribution in [0.15, 0.2) is 30.6 Å². The summed E-state index contributed by atoms with van der Waals surface area (Å²) in [5, 5.41) is 0. The molecule has 96 valence electrons. The van der Waals surface area contributed by atoms with Crippen LogP contribution in [0, 0.1) is 0 Å². The summed E-state index contributed by atoms with van der Waals surface area (Å²) in [5.74, 6) is 0.874. The van der Waals surface area contributed by atoms with Gasteiger partial charge in [-0.25, -0.2) is 4.98 Å². The van der Waals surface area contributed by atoms with Gasteiger partial charge in [0.2, 0.25) is 0 Å². The molecule has 0 unspecified atom stereocenters. The predicted molar refractivity (Wildman–Crippen MR) is 72.3 cm³/mol. The highest BCUT2D eigenvalue weighted by Gasteiger charge is 2.09. The molecule has 0 atom stereocenters. The summed E-state index contributed by atoms with van der Waals surface area (Å²) in [6, 6.07) is 7.95. The fraction of sp³-hybridized carbons (Fsp3) is 0.357. The summed E-state index contributed by atoms with van der Waals surface area (Å²) >= 11 is 0. The van der Waals surface area contributed by atoms with Crippen LogP contribution in [0.2, 0.25) is 0 Å². The number of ether oxygens (including phenoxy) is 1. The van der Waals surface area contributed by atoms with Gasteiger partial charge < -0.3 is 15.0 Å². The molecule has 18 heavy (non-hydrogen) atoms. The second-order valence-corrected chi connectivity index (χ2v) is 4.55. The van der Waals surface area contributed by atoms with Crippen LogP contribution in [0.1, 0.15) is 19.5 Å². The number of imidazole rings is 1. The van der Waals surface area contributed by atoms with Crippen molar-refractivity contribution in [2.75, 3.05) is 0 Å². The quantitative estimate of drug-likeness (QED) is 0.899. The van der Waals surface area contributed by atoms with Gasteiger partial charge in [0.1, 0.15) is 5.75 Å². The van der Waals surface area contributed by atoms with E-state index in [1.165, 1.54) is 0 Å². The molecule has 1 aromatic heterocycles. The Hall–Kier alpha value is -1.81. The minimum atomic E-state index is 0.185. The Labute approximate surface area is 107 Å². The first-order chi connectivity index (χ1) is 8.61. The van der Waals surface area contributed by atoms with Crippen molar-refractivity contribution < 1.29 is 4.74 Å². The van der Waals surface area contributed by atoms with Crippen LogP contribution in [0.4, 0.5) is 0 Å². The van der Waals surface area contributed by atoms with E-state index in [2.05, 4.69) is 4.98 Å². The molecular weight excluding hydrogens is 226 g/mol. The molecule has 0 saturated heterocycles. The molecular formula is C14H19N3O. The summed E-state index contributed by atoms with van der Waals surface area (Å²) in [7, 11) is 1.95. The molecule has 4 heteroatoms. The molecule has 2 aromatic rings. The van der Waals surface area contributed by atoms with Crippen molar-refractivity contribution in [1.82, 2.24) is 9.55 Å². The van der Waals surface area contributed by atoms with Gasteiger partial charge in [0.05, 0.1) is 23.8 Å². The third-order valence-electron chi connectivity index (χ3n) is 2.75. The van der Waals surface area contributed by atoms with E-state index in [1.54, 1.807) is 6.33 Å². The predicted octanol–water partition coefficient (Wildman–Crippen LogP) is 2.33. The van der Waals surface area contributed by atoms with Crippen molar-refractivity contribution in [1.29, 1.82) is 0 Å². The van der Waals surface area contributed by atoms with Crippen LogP contribution < -0.4 is 10.5 Å². The Morgan fingerprint density at radius 1 is 1.28 bits per heavy atom. The molecule has 0 fully saturated rings. The lowest BCUT2D eigenvalue weighted by Crippen LogP contribution is -2.05. The Kier molecular flexibility index (Phi) is 3.67. The third-order valence-corrected chi connectivity index (χ3v) is 2.75. The van der Waals surface area contributed by atoms with Crippen LogP contribution in [0.25, 0.3) is 11.3 Å². The van der Waals surface area contributed by atoms with E-state index in [-0.39, 0.29) is 6.10 Å². The summed E-state index contributed by atoms with van der Waals surface area (Å²) < 4.78 is 7.57. The van der Waals surface area contributed by atoms with Crippen molar-refractivity contribution in [3.05, 3.63) is 36.3 Å². The second kappa shape index (κ2) is 5.23. The lowest BCUT2D eigenvalue weighted by molar-refractivity contribution is 0.242. The number of nitrogens with zero attached hydrogens (tertiary/aromatic N) is 2. The molecule has 0 aliphatic heterocycles. The Balaban J connectivity index is 2.28. The van der Waals surface area contributed by atoms with E-state index in [0.29, 0.717) is 6.54 Å². The van der Waals surface area contributed by atoms with Crippen LogP contribution in [0.5, 0.6) is 5.75 Å². The highest BCUT2D eigenvalue weighted by Crippen LogP contribution is 2.24. The van der Waals surface area contributed by atoms with Gasteiger partial charge in [-0.2, -0.15) is 0 Å². The molecule has 0 bridgehead atoms. The van der Waals surface area contributed by atoms with Gasteiger partial charge in [-0.3, -0.25) is 0 Å². The molecule has 0 aliphatic carbocycles. The summed E-state index contributed by atoms with van der Waals surface area (Å²) in [6.07, 6.45) is 1.97. The van der Waals surface area contributed by atoms with E-state index in [1.807, 2.05) is 49.7 Å². The summed E-state index contributed by atoms with van der Waals surface area (Å²) in [4.78, 5) is 4.39. The molecule has 2 N–H and O–H groups in total. The number of aromatic nitrogens is 2. The van der Waals surface area contributed by atoms with Crippen LogP contribution >= 0.6 is 0 Å². The zero-order chi connectivity index (χ0) is 13.1. The van der Waals surface area contributed by atoms with Crippen molar-refractivity contribution in [2.24, 2.45) is 12.8 Å². The van der Waals surface area contributed by atoms with E-state index in [0.717, 1.165) is 22.7 Å². The van der Waals surface area contributed by atoms with Crippen LogP contribution in [-0.4, -0.2) is 15.7 Å². The average Bonchev–Trinajstić information content (AvgIpc) is 2.70. The third kappa shape index (κ3) is 2.54. The lowest BCUT2D eigenvalue weighted by atomic mass is 10.1. The molecule has 0 saturated carbocycles. The van der Waals surface area contributed by atoms with E-state index in [9.17, 15) is 0 Å². The largest absolute Gasteiger partial charge is 0.491 e. The second-order valence-electron chi connectivity index (χ2n) is 4.55. The zero-order valence-electron chi connectivity index (χ0n) is 11.1. The zero-order valence-corrected chi connectivity index (χ0v) is 11.1. The average molecular weight is 245 g/mol. The van der Waals surface area contributed by atoms with Gasteiger partial charge in [0.15, 0.2) is 0 Å². The van der Waals surface area contributed by atoms with Crippen molar-refractivity contribution >= 4 is 0 Å². The summed E-state index contributed by atoms with van der Waals surface area (Å²) in [5.41, 5.74) is 8.78. The van der Waals surface area contributed by atoms with E-state index >= 15 is 0 Å².